The molecule has 1 amide bonds. The van der Waals surface area contributed by atoms with Gasteiger partial charge in [0, 0.05) is 51.1 Å². The van der Waals surface area contributed by atoms with E-state index in [1.165, 1.54) is 0 Å². The van der Waals surface area contributed by atoms with Crippen LogP contribution in [0.3, 0.4) is 0 Å². The highest BCUT2D eigenvalue weighted by molar-refractivity contribution is 5.99. The number of rotatable bonds is 3. The SMILES string of the molecule is CC(C)(C)C(=O)Nc1ccccc1-c1ccnc(-c2c[nH]c3ccccc23)c1F. The molecule has 0 aliphatic carbocycles. The molecule has 0 spiro atoms. The van der Waals surface area contributed by atoms with E-state index in [2.05, 4.69) is 15.3 Å². The fraction of sp³-hybridized carbons (Fsp3) is 0.167. The first-order valence-corrected chi connectivity index (χ1v) is 9.48. The molecule has 4 rings (SSSR count). The summed E-state index contributed by atoms with van der Waals surface area (Å²) in [6.45, 7) is 5.52. The molecule has 2 heterocycles. The molecule has 0 radical (unpaired) electrons. The van der Waals surface area contributed by atoms with Gasteiger partial charge in [0.2, 0.25) is 5.91 Å². The average Bonchev–Trinajstić information content (AvgIpc) is 3.12. The van der Waals surface area contributed by atoms with Crippen LogP contribution < -0.4 is 5.32 Å². The number of nitrogens with zero attached hydrogens (tertiary/aromatic N) is 1. The van der Waals surface area contributed by atoms with E-state index in [1.807, 2.05) is 57.2 Å². The molecule has 29 heavy (non-hydrogen) atoms. The number of nitrogens with one attached hydrogen (secondary N) is 2. The summed E-state index contributed by atoms with van der Waals surface area (Å²) in [5, 5.41) is 3.84. The van der Waals surface area contributed by atoms with E-state index < -0.39 is 11.2 Å². The Morgan fingerprint density at radius 3 is 2.48 bits per heavy atom. The molecule has 0 aliphatic rings. The lowest BCUT2D eigenvalue weighted by atomic mass is 9.94. The van der Waals surface area contributed by atoms with Crippen molar-refractivity contribution < 1.29 is 9.18 Å². The van der Waals surface area contributed by atoms with Gasteiger partial charge in [-0.3, -0.25) is 9.78 Å². The Morgan fingerprint density at radius 2 is 1.69 bits per heavy atom. The molecule has 2 aromatic heterocycles. The van der Waals surface area contributed by atoms with Gasteiger partial charge in [-0.2, -0.15) is 0 Å². The van der Waals surface area contributed by atoms with Crippen molar-refractivity contribution in [2.45, 2.75) is 20.8 Å². The molecule has 4 aromatic rings. The van der Waals surface area contributed by atoms with Crippen LogP contribution >= 0.6 is 0 Å². The number of para-hydroxylation sites is 2. The number of aromatic nitrogens is 2. The number of amides is 1. The fourth-order valence-corrected chi connectivity index (χ4v) is 3.24. The van der Waals surface area contributed by atoms with E-state index in [1.54, 1.807) is 30.6 Å². The lowest BCUT2D eigenvalue weighted by Crippen LogP contribution is -2.27. The summed E-state index contributed by atoms with van der Waals surface area (Å²) in [5.41, 5.74) is 2.93. The summed E-state index contributed by atoms with van der Waals surface area (Å²) >= 11 is 0. The zero-order valence-electron chi connectivity index (χ0n) is 16.6. The van der Waals surface area contributed by atoms with Crippen molar-refractivity contribution in [1.29, 1.82) is 0 Å². The number of hydrogen-bond donors (Lipinski definition) is 2. The summed E-state index contributed by atoms with van der Waals surface area (Å²) in [5.74, 6) is -0.550. The summed E-state index contributed by atoms with van der Waals surface area (Å²) < 4.78 is 15.6. The number of aromatic amines is 1. The molecule has 2 aromatic carbocycles. The second-order valence-electron chi connectivity index (χ2n) is 8.02. The van der Waals surface area contributed by atoms with Crippen molar-refractivity contribution in [3.8, 4) is 22.4 Å². The summed E-state index contributed by atoms with van der Waals surface area (Å²) in [4.78, 5) is 19.9. The molecule has 0 atom stereocenters. The Hall–Kier alpha value is -3.47. The number of anilines is 1. The minimum absolute atomic E-state index is 0.128. The quantitative estimate of drug-likeness (QED) is 0.451. The molecule has 0 saturated carbocycles. The Balaban J connectivity index is 1.82. The molecule has 0 bridgehead atoms. The van der Waals surface area contributed by atoms with Crippen molar-refractivity contribution in [3.05, 3.63) is 72.8 Å². The van der Waals surface area contributed by atoms with Crippen LogP contribution in [0.15, 0.2) is 67.0 Å². The number of fused-ring (bicyclic) bond motifs is 1. The van der Waals surface area contributed by atoms with Gasteiger partial charge in [-0.25, -0.2) is 4.39 Å². The fourth-order valence-electron chi connectivity index (χ4n) is 3.24. The second-order valence-corrected chi connectivity index (χ2v) is 8.02. The molecule has 0 saturated heterocycles. The summed E-state index contributed by atoms with van der Waals surface area (Å²) in [7, 11) is 0. The topological polar surface area (TPSA) is 57.8 Å². The third-order valence-electron chi connectivity index (χ3n) is 4.88. The number of carbonyl (C=O) groups is 1. The minimum Gasteiger partial charge on any atom is -0.360 e. The van der Waals surface area contributed by atoms with Crippen LogP contribution in [0, 0.1) is 11.2 Å². The van der Waals surface area contributed by atoms with Gasteiger partial charge < -0.3 is 10.3 Å². The predicted octanol–water partition coefficient (Wildman–Crippen LogP) is 6.02. The predicted molar refractivity (Wildman–Crippen MR) is 115 cm³/mol. The Bertz CT molecular complexity index is 1200. The molecule has 4 nitrogen and oxygen atoms in total. The van der Waals surface area contributed by atoms with E-state index in [9.17, 15) is 4.79 Å². The van der Waals surface area contributed by atoms with E-state index in [0.717, 1.165) is 10.9 Å². The Labute approximate surface area is 168 Å². The standard InChI is InChI=1S/C24H22FN3O/c1-24(2,3)23(29)28-20-11-7-5-8-15(20)17-12-13-26-22(21(17)25)18-14-27-19-10-6-4-9-16(18)19/h4-14,27H,1-3H3,(H,28,29). The smallest absolute Gasteiger partial charge is 0.229 e. The maximum Gasteiger partial charge on any atom is 0.229 e. The van der Waals surface area contributed by atoms with Crippen LogP contribution in [0.2, 0.25) is 0 Å². The molecule has 146 valence electrons. The first-order chi connectivity index (χ1) is 13.9. The second kappa shape index (κ2) is 7.17. The van der Waals surface area contributed by atoms with Crippen molar-refractivity contribution in [2.75, 3.05) is 5.32 Å². The summed E-state index contributed by atoms with van der Waals surface area (Å²) in [6.07, 6.45) is 3.37. The number of halogens is 1. The monoisotopic (exact) mass is 387 g/mol. The largest absolute Gasteiger partial charge is 0.360 e. The van der Waals surface area contributed by atoms with Crippen molar-refractivity contribution in [1.82, 2.24) is 9.97 Å². The molecular formula is C24H22FN3O. The van der Waals surface area contributed by atoms with Gasteiger partial charge in [-0.05, 0) is 18.2 Å². The third-order valence-corrected chi connectivity index (χ3v) is 4.88. The van der Waals surface area contributed by atoms with Crippen molar-refractivity contribution in [3.63, 3.8) is 0 Å². The number of benzene rings is 2. The van der Waals surface area contributed by atoms with Crippen LogP contribution in [0.4, 0.5) is 10.1 Å². The van der Waals surface area contributed by atoms with E-state index in [4.69, 9.17) is 0 Å². The number of carbonyl (C=O) groups excluding carboxylic acids is 1. The van der Waals surface area contributed by atoms with Gasteiger partial charge in [0.25, 0.3) is 0 Å². The highest BCUT2D eigenvalue weighted by atomic mass is 19.1. The van der Waals surface area contributed by atoms with Gasteiger partial charge in [-0.15, -0.1) is 0 Å². The molecular weight excluding hydrogens is 365 g/mol. The maximum atomic E-state index is 15.6. The number of pyridine rings is 1. The van der Waals surface area contributed by atoms with E-state index in [-0.39, 0.29) is 11.6 Å². The van der Waals surface area contributed by atoms with Gasteiger partial charge in [0.15, 0.2) is 5.82 Å². The van der Waals surface area contributed by atoms with Gasteiger partial charge in [0.05, 0.1) is 0 Å². The first kappa shape index (κ1) is 18.9. The van der Waals surface area contributed by atoms with Crippen LogP contribution in [0.5, 0.6) is 0 Å². The van der Waals surface area contributed by atoms with Crippen LogP contribution in [-0.4, -0.2) is 15.9 Å². The molecule has 2 N–H and O–H groups in total. The number of H-pyrrole nitrogens is 1. The summed E-state index contributed by atoms with van der Waals surface area (Å²) in [6, 6.07) is 16.6. The highest BCUT2D eigenvalue weighted by Crippen LogP contribution is 2.36. The molecule has 0 unspecified atom stereocenters. The van der Waals surface area contributed by atoms with Gasteiger partial charge in [-0.1, -0.05) is 57.2 Å². The minimum atomic E-state index is -0.556. The molecule has 0 fully saturated rings. The van der Waals surface area contributed by atoms with Gasteiger partial charge >= 0.3 is 0 Å². The number of hydrogen-bond acceptors (Lipinski definition) is 2. The van der Waals surface area contributed by atoms with Crippen LogP contribution in [0.25, 0.3) is 33.3 Å². The molecule has 5 heteroatoms. The van der Waals surface area contributed by atoms with E-state index >= 15 is 4.39 Å². The molecule has 0 aliphatic heterocycles. The van der Waals surface area contributed by atoms with Crippen molar-refractivity contribution in [2.24, 2.45) is 5.41 Å². The van der Waals surface area contributed by atoms with Crippen molar-refractivity contribution >= 4 is 22.5 Å². The Kier molecular flexibility index (Phi) is 4.66. The highest BCUT2D eigenvalue weighted by Gasteiger charge is 2.23. The van der Waals surface area contributed by atoms with Gasteiger partial charge in [0.1, 0.15) is 5.69 Å². The zero-order chi connectivity index (χ0) is 20.6. The van der Waals surface area contributed by atoms with Crippen LogP contribution in [-0.2, 0) is 4.79 Å². The lowest BCUT2D eigenvalue weighted by Gasteiger charge is -2.20. The average molecular weight is 387 g/mol. The van der Waals surface area contributed by atoms with E-state index in [0.29, 0.717) is 22.4 Å². The Morgan fingerprint density at radius 1 is 0.966 bits per heavy atom. The lowest BCUT2D eigenvalue weighted by molar-refractivity contribution is -0.123. The third kappa shape index (κ3) is 3.51. The van der Waals surface area contributed by atoms with Crippen LogP contribution in [0.1, 0.15) is 20.8 Å². The maximum absolute atomic E-state index is 15.6. The normalized spacial score (nSPS) is 11.6. The first-order valence-electron chi connectivity index (χ1n) is 9.48. The zero-order valence-corrected chi connectivity index (χ0v) is 16.6.